The molecule has 4 rings (SSSR count). The molecule has 0 spiro atoms. The van der Waals surface area contributed by atoms with E-state index in [2.05, 4.69) is 23.3 Å². The number of benzene rings is 1. The number of rotatable bonds is 3. The van der Waals surface area contributed by atoms with E-state index in [4.69, 9.17) is 14.2 Å². The van der Waals surface area contributed by atoms with Crippen LogP contribution in [0.25, 0.3) is 11.3 Å². The van der Waals surface area contributed by atoms with Gasteiger partial charge in [0, 0.05) is 28.6 Å². The summed E-state index contributed by atoms with van der Waals surface area (Å²) < 4.78 is 19.1. The largest absolute Gasteiger partial charge is 0.476 e. The van der Waals surface area contributed by atoms with Gasteiger partial charge in [-0.15, -0.1) is 12.6 Å². The van der Waals surface area contributed by atoms with E-state index < -0.39 is 0 Å². The van der Waals surface area contributed by atoms with Gasteiger partial charge in [0.1, 0.15) is 12.7 Å². The molecule has 0 saturated carbocycles. The topological polar surface area (TPSA) is 49.7 Å². The fourth-order valence-corrected chi connectivity index (χ4v) is 3.71. The number of aryl methyl sites for hydroxylation is 1. The number of hydrogen-bond donors (Lipinski definition) is 1. The van der Waals surface area contributed by atoms with Gasteiger partial charge in [0.05, 0.1) is 25.5 Å². The van der Waals surface area contributed by atoms with Crippen LogP contribution in [0.1, 0.15) is 11.1 Å². The van der Waals surface area contributed by atoms with E-state index in [1.54, 1.807) is 6.07 Å². The highest BCUT2D eigenvalue weighted by molar-refractivity contribution is 7.80. The SMILES string of the molecule is Cc1c2n(c(OC[C@@H]3COCCO3)cc1=O)CCc1cc(S)ccc1-2. The van der Waals surface area contributed by atoms with Crippen molar-refractivity contribution in [2.75, 3.05) is 26.4 Å². The molecule has 0 aliphatic carbocycles. The normalized spacial score (nSPS) is 19.2. The molecule has 1 aromatic heterocycles. The first-order valence-corrected chi connectivity index (χ1v) is 8.97. The smallest absolute Gasteiger partial charge is 0.197 e. The van der Waals surface area contributed by atoms with Crippen molar-refractivity contribution in [2.24, 2.45) is 0 Å². The summed E-state index contributed by atoms with van der Waals surface area (Å²) in [7, 11) is 0. The lowest BCUT2D eigenvalue weighted by Crippen LogP contribution is -2.34. The van der Waals surface area contributed by atoms with Crippen molar-refractivity contribution in [1.29, 1.82) is 0 Å². The van der Waals surface area contributed by atoms with Gasteiger partial charge in [-0.1, -0.05) is 6.07 Å². The first-order valence-electron chi connectivity index (χ1n) is 8.52. The molecular formula is C19H21NO4S. The van der Waals surface area contributed by atoms with Crippen molar-refractivity contribution in [1.82, 2.24) is 4.57 Å². The molecule has 1 fully saturated rings. The third kappa shape index (κ3) is 3.21. The van der Waals surface area contributed by atoms with Crippen LogP contribution in [-0.4, -0.2) is 37.1 Å². The van der Waals surface area contributed by atoms with Crippen LogP contribution in [0, 0.1) is 6.92 Å². The molecule has 6 heteroatoms. The molecule has 1 saturated heterocycles. The van der Waals surface area contributed by atoms with E-state index in [9.17, 15) is 4.79 Å². The van der Waals surface area contributed by atoms with Gasteiger partial charge < -0.3 is 18.8 Å². The second-order valence-electron chi connectivity index (χ2n) is 6.44. The monoisotopic (exact) mass is 359 g/mol. The van der Waals surface area contributed by atoms with Gasteiger partial charge in [-0.3, -0.25) is 4.79 Å². The fourth-order valence-electron chi connectivity index (χ4n) is 3.48. The zero-order chi connectivity index (χ0) is 17.4. The van der Waals surface area contributed by atoms with E-state index in [1.807, 2.05) is 19.1 Å². The molecule has 0 amide bonds. The van der Waals surface area contributed by atoms with Crippen LogP contribution >= 0.6 is 12.6 Å². The van der Waals surface area contributed by atoms with Crippen molar-refractivity contribution in [2.45, 2.75) is 30.9 Å². The maximum Gasteiger partial charge on any atom is 0.197 e. The van der Waals surface area contributed by atoms with Gasteiger partial charge in [-0.05, 0) is 31.0 Å². The van der Waals surface area contributed by atoms with Crippen LogP contribution in [0.2, 0.25) is 0 Å². The zero-order valence-corrected chi connectivity index (χ0v) is 15.1. The lowest BCUT2D eigenvalue weighted by Gasteiger charge is -2.28. The Hall–Kier alpha value is -1.76. The first-order chi connectivity index (χ1) is 12.1. The second kappa shape index (κ2) is 6.86. The van der Waals surface area contributed by atoms with Gasteiger partial charge in [-0.25, -0.2) is 0 Å². The number of ether oxygens (including phenoxy) is 3. The minimum Gasteiger partial charge on any atom is -0.476 e. The number of aromatic nitrogens is 1. The lowest BCUT2D eigenvalue weighted by molar-refractivity contribution is -0.102. The molecule has 5 nitrogen and oxygen atoms in total. The highest BCUT2D eigenvalue weighted by atomic mass is 32.1. The predicted molar refractivity (Wildman–Crippen MR) is 97.9 cm³/mol. The van der Waals surface area contributed by atoms with Crippen molar-refractivity contribution >= 4 is 12.6 Å². The maximum absolute atomic E-state index is 12.5. The molecular weight excluding hydrogens is 338 g/mol. The highest BCUT2D eigenvalue weighted by Gasteiger charge is 2.23. The quantitative estimate of drug-likeness (QED) is 0.856. The average Bonchev–Trinajstić information content (AvgIpc) is 2.63. The van der Waals surface area contributed by atoms with Crippen molar-refractivity contribution < 1.29 is 14.2 Å². The lowest BCUT2D eigenvalue weighted by atomic mass is 9.94. The average molecular weight is 359 g/mol. The van der Waals surface area contributed by atoms with Crippen molar-refractivity contribution in [3.05, 3.63) is 45.6 Å². The molecule has 2 aliphatic heterocycles. The van der Waals surface area contributed by atoms with Gasteiger partial charge in [0.15, 0.2) is 11.3 Å². The molecule has 3 heterocycles. The Morgan fingerprint density at radius 1 is 1.32 bits per heavy atom. The van der Waals surface area contributed by atoms with Gasteiger partial charge in [0.25, 0.3) is 0 Å². The summed E-state index contributed by atoms with van der Waals surface area (Å²) in [5.74, 6) is 0.598. The van der Waals surface area contributed by atoms with E-state index in [0.29, 0.717) is 32.3 Å². The molecule has 25 heavy (non-hydrogen) atoms. The van der Waals surface area contributed by atoms with Gasteiger partial charge >= 0.3 is 0 Å². The zero-order valence-electron chi connectivity index (χ0n) is 14.2. The van der Waals surface area contributed by atoms with E-state index >= 15 is 0 Å². The summed E-state index contributed by atoms with van der Waals surface area (Å²) in [5, 5.41) is 0. The summed E-state index contributed by atoms with van der Waals surface area (Å²) in [5.41, 5.74) is 3.98. The molecule has 0 bridgehead atoms. The van der Waals surface area contributed by atoms with E-state index in [0.717, 1.165) is 34.7 Å². The Morgan fingerprint density at radius 3 is 3.00 bits per heavy atom. The van der Waals surface area contributed by atoms with Gasteiger partial charge in [-0.2, -0.15) is 0 Å². The van der Waals surface area contributed by atoms with Crippen LogP contribution < -0.4 is 10.2 Å². The van der Waals surface area contributed by atoms with Crippen LogP contribution in [0.5, 0.6) is 5.88 Å². The summed E-state index contributed by atoms with van der Waals surface area (Å²) in [6.07, 6.45) is 0.794. The van der Waals surface area contributed by atoms with Crippen LogP contribution in [0.15, 0.2) is 34.0 Å². The molecule has 1 aromatic carbocycles. The molecule has 0 unspecified atom stereocenters. The fraction of sp³-hybridized carbons (Fsp3) is 0.421. The van der Waals surface area contributed by atoms with Crippen molar-refractivity contribution in [3.8, 4) is 17.1 Å². The summed E-state index contributed by atoms with van der Waals surface area (Å²) >= 11 is 4.43. The molecule has 2 aromatic rings. The minimum atomic E-state index is -0.0935. The number of pyridine rings is 1. The van der Waals surface area contributed by atoms with Crippen LogP contribution in [0.3, 0.4) is 0 Å². The third-order valence-electron chi connectivity index (χ3n) is 4.77. The summed E-state index contributed by atoms with van der Waals surface area (Å²) in [6, 6.07) is 7.66. The van der Waals surface area contributed by atoms with E-state index in [-0.39, 0.29) is 11.5 Å². The molecule has 1 atom stereocenters. The first kappa shape index (κ1) is 16.7. The predicted octanol–water partition coefficient (Wildman–Crippen LogP) is 2.46. The second-order valence-corrected chi connectivity index (χ2v) is 6.96. The number of hydrogen-bond acceptors (Lipinski definition) is 5. The maximum atomic E-state index is 12.5. The molecule has 2 aliphatic rings. The summed E-state index contributed by atoms with van der Waals surface area (Å²) in [4.78, 5) is 13.4. The Labute approximate surface area is 151 Å². The standard InChI is InChI=1S/C19H21NO4S/c1-12-17(21)9-18(24-11-14-10-22-6-7-23-14)20-5-4-13-8-15(25)2-3-16(13)19(12)20/h2-3,8-9,14,25H,4-7,10-11H2,1H3/t14-/m0/s1. The molecule has 0 radical (unpaired) electrons. The number of thiol groups is 1. The Morgan fingerprint density at radius 2 is 2.20 bits per heavy atom. The van der Waals surface area contributed by atoms with E-state index in [1.165, 1.54) is 5.56 Å². The Bertz CT molecular complexity index is 855. The Balaban J connectivity index is 1.70. The molecule has 132 valence electrons. The highest BCUT2D eigenvalue weighted by Crippen LogP contribution is 2.34. The Kier molecular flexibility index (Phi) is 4.58. The minimum absolute atomic E-state index is 0.00939. The third-order valence-corrected chi connectivity index (χ3v) is 5.04. The van der Waals surface area contributed by atoms with Crippen LogP contribution in [0.4, 0.5) is 0 Å². The molecule has 0 N–H and O–H groups in total. The van der Waals surface area contributed by atoms with Crippen molar-refractivity contribution in [3.63, 3.8) is 0 Å². The number of fused-ring (bicyclic) bond motifs is 3. The van der Waals surface area contributed by atoms with Crippen LogP contribution in [-0.2, 0) is 22.4 Å². The van der Waals surface area contributed by atoms with Gasteiger partial charge in [0.2, 0.25) is 0 Å². The number of nitrogens with zero attached hydrogens (tertiary/aromatic N) is 1. The summed E-state index contributed by atoms with van der Waals surface area (Å²) in [6.45, 7) is 4.76.